The second kappa shape index (κ2) is 8.76. The Hall–Kier alpha value is -2.34. The Kier molecular flexibility index (Phi) is 6.97. The van der Waals surface area contributed by atoms with Gasteiger partial charge in [0, 0.05) is 19.1 Å². The third-order valence-corrected chi connectivity index (χ3v) is 2.45. The number of carbonyl (C=O) groups excluding carboxylic acids is 1. The Morgan fingerprint density at radius 2 is 2.00 bits per heavy atom. The van der Waals surface area contributed by atoms with Crippen molar-refractivity contribution in [2.24, 2.45) is 0 Å². The molecule has 6 heteroatoms. The van der Waals surface area contributed by atoms with Crippen LogP contribution in [-0.4, -0.2) is 36.8 Å². The smallest absolute Gasteiger partial charge is 0.352 e. The van der Waals surface area contributed by atoms with Crippen LogP contribution in [0.1, 0.15) is 19.4 Å². The second-order valence-corrected chi connectivity index (χ2v) is 4.13. The van der Waals surface area contributed by atoms with Crippen LogP contribution in [0.25, 0.3) is 6.08 Å². The molecule has 0 atom stereocenters. The van der Waals surface area contributed by atoms with Gasteiger partial charge in [0.05, 0.1) is 6.61 Å². The molecule has 0 unspecified atom stereocenters. The van der Waals surface area contributed by atoms with E-state index in [1.54, 1.807) is 24.3 Å². The Morgan fingerprint density at radius 1 is 1.29 bits per heavy atom. The van der Waals surface area contributed by atoms with Crippen LogP contribution in [0.5, 0.6) is 5.75 Å². The molecule has 0 spiro atoms. The molecule has 0 fully saturated rings. The molecule has 1 rings (SSSR count). The van der Waals surface area contributed by atoms with Gasteiger partial charge in [0.2, 0.25) is 5.91 Å². The van der Waals surface area contributed by atoms with E-state index in [-0.39, 0.29) is 5.70 Å². The minimum Gasteiger partial charge on any atom is -0.491 e. The third kappa shape index (κ3) is 6.09. The normalized spacial score (nSPS) is 11.0. The maximum atomic E-state index is 11.1. The van der Waals surface area contributed by atoms with Crippen LogP contribution in [0.3, 0.4) is 0 Å². The summed E-state index contributed by atoms with van der Waals surface area (Å²) in [6.45, 7) is 4.56. The number of carboxylic acids is 1. The van der Waals surface area contributed by atoms with Gasteiger partial charge in [0.1, 0.15) is 18.1 Å². The molecular weight excluding hydrogens is 274 g/mol. The van der Waals surface area contributed by atoms with Gasteiger partial charge in [-0.2, -0.15) is 0 Å². The van der Waals surface area contributed by atoms with Crippen LogP contribution in [0.4, 0.5) is 0 Å². The molecule has 0 saturated heterocycles. The van der Waals surface area contributed by atoms with E-state index in [0.29, 0.717) is 31.1 Å². The van der Waals surface area contributed by atoms with Crippen molar-refractivity contribution >= 4 is 18.0 Å². The monoisotopic (exact) mass is 293 g/mol. The fourth-order valence-corrected chi connectivity index (χ4v) is 1.58. The molecule has 114 valence electrons. The summed E-state index contributed by atoms with van der Waals surface area (Å²) in [5, 5.41) is 11.4. The Bertz CT molecular complexity index is 525. The summed E-state index contributed by atoms with van der Waals surface area (Å²) in [6, 6.07) is 6.98. The standard InChI is InChI=1S/C15H19NO5/c1-3-20-8-9-21-14-7-5-4-6-12(14)10-13(15(18)19)16-11(2)17/h4-7,10H,3,8-9H2,1-2H3,(H,16,17)(H,18,19)/b13-10-. The molecule has 0 aromatic heterocycles. The van der Waals surface area contributed by atoms with Crippen LogP contribution in [0.2, 0.25) is 0 Å². The fourth-order valence-electron chi connectivity index (χ4n) is 1.58. The maximum absolute atomic E-state index is 11.1. The first kappa shape index (κ1) is 16.7. The molecular formula is C15H19NO5. The van der Waals surface area contributed by atoms with Gasteiger partial charge in [-0.05, 0) is 19.1 Å². The first-order valence-corrected chi connectivity index (χ1v) is 6.56. The highest BCUT2D eigenvalue weighted by molar-refractivity contribution is 5.96. The molecule has 1 aromatic rings. The van der Waals surface area contributed by atoms with Crippen molar-refractivity contribution in [3.8, 4) is 5.75 Å². The van der Waals surface area contributed by atoms with Gasteiger partial charge in [-0.3, -0.25) is 4.79 Å². The second-order valence-electron chi connectivity index (χ2n) is 4.13. The summed E-state index contributed by atoms with van der Waals surface area (Å²) >= 11 is 0. The van der Waals surface area contributed by atoms with E-state index in [1.165, 1.54) is 13.0 Å². The molecule has 21 heavy (non-hydrogen) atoms. The lowest BCUT2D eigenvalue weighted by Crippen LogP contribution is -2.24. The Balaban J connectivity index is 2.89. The van der Waals surface area contributed by atoms with Crippen molar-refractivity contribution < 1.29 is 24.2 Å². The van der Waals surface area contributed by atoms with Crippen LogP contribution in [0.15, 0.2) is 30.0 Å². The van der Waals surface area contributed by atoms with Crippen molar-refractivity contribution in [3.05, 3.63) is 35.5 Å². The van der Waals surface area contributed by atoms with E-state index < -0.39 is 11.9 Å². The zero-order valence-electron chi connectivity index (χ0n) is 12.1. The van der Waals surface area contributed by atoms with Gasteiger partial charge in [0.25, 0.3) is 0 Å². The SMILES string of the molecule is CCOCCOc1ccccc1/C=C(\NC(C)=O)C(=O)O. The van der Waals surface area contributed by atoms with Gasteiger partial charge in [-0.15, -0.1) is 0 Å². The van der Waals surface area contributed by atoms with Gasteiger partial charge in [-0.1, -0.05) is 18.2 Å². The summed E-state index contributed by atoms with van der Waals surface area (Å²) in [5.74, 6) is -1.13. The average molecular weight is 293 g/mol. The summed E-state index contributed by atoms with van der Waals surface area (Å²) in [5.41, 5.74) is 0.364. The van der Waals surface area contributed by atoms with E-state index in [1.807, 2.05) is 6.92 Å². The number of hydrogen-bond donors (Lipinski definition) is 2. The molecule has 2 N–H and O–H groups in total. The summed E-state index contributed by atoms with van der Waals surface area (Å²) in [4.78, 5) is 22.1. The van der Waals surface area contributed by atoms with E-state index in [4.69, 9.17) is 14.6 Å². The molecule has 0 radical (unpaired) electrons. The van der Waals surface area contributed by atoms with Crippen LogP contribution in [0, 0.1) is 0 Å². The first-order valence-electron chi connectivity index (χ1n) is 6.56. The van der Waals surface area contributed by atoms with Crippen molar-refractivity contribution in [2.75, 3.05) is 19.8 Å². The molecule has 1 aromatic carbocycles. The van der Waals surface area contributed by atoms with Gasteiger partial charge in [0.15, 0.2) is 0 Å². The predicted molar refractivity (Wildman–Crippen MR) is 77.9 cm³/mol. The Labute approximate surface area is 123 Å². The summed E-state index contributed by atoms with van der Waals surface area (Å²) in [7, 11) is 0. The van der Waals surface area contributed by atoms with Crippen molar-refractivity contribution in [1.82, 2.24) is 5.32 Å². The third-order valence-electron chi connectivity index (χ3n) is 2.45. The molecule has 0 aliphatic rings. The number of nitrogens with one attached hydrogen (secondary N) is 1. The average Bonchev–Trinajstić information content (AvgIpc) is 2.44. The molecule has 0 heterocycles. The minimum absolute atomic E-state index is 0.205. The molecule has 1 amide bonds. The number of ether oxygens (including phenoxy) is 2. The molecule has 0 aliphatic heterocycles. The van der Waals surface area contributed by atoms with Gasteiger partial charge in [-0.25, -0.2) is 4.79 Å². The number of carbonyl (C=O) groups is 2. The first-order chi connectivity index (χ1) is 10.0. The van der Waals surface area contributed by atoms with Crippen LogP contribution in [-0.2, 0) is 14.3 Å². The number of para-hydroxylation sites is 1. The molecule has 0 aliphatic carbocycles. The lowest BCUT2D eigenvalue weighted by Gasteiger charge is -2.10. The van der Waals surface area contributed by atoms with Gasteiger partial charge >= 0.3 is 5.97 Å². The molecule has 0 saturated carbocycles. The quantitative estimate of drug-likeness (QED) is 0.562. The highest BCUT2D eigenvalue weighted by atomic mass is 16.5. The summed E-state index contributed by atoms with van der Waals surface area (Å²) < 4.78 is 10.7. The van der Waals surface area contributed by atoms with Crippen LogP contribution >= 0.6 is 0 Å². The zero-order valence-corrected chi connectivity index (χ0v) is 12.1. The van der Waals surface area contributed by atoms with Gasteiger partial charge < -0.3 is 19.9 Å². The van der Waals surface area contributed by atoms with E-state index in [2.05, 4.69) is 5.32 Å². The topological polar surface area (TPSA) is 84.9 Å². The number of carboxylic acid groups (broad SMARTS) is 1. The number of rotatable bonds is 8. The van der Waals surface area contributed by atoms with Crippen LogP contribution < -0.4 is 10.1 Å². The maximum Gasteiger partial charge on any atom is 0.352 e. The Morgan fingerprint density at radius 3 is 2.62 bits per heavy atom. The number of benzene rings is 1. The highest BCUT2D eigenvalue weighted by Crippen LogP contribution is 2.20. The number of hydrogen-bond acceptors (Lipinski definition) is 4. The molecule has 0 bridgehead atoms. The highest BCUT2D eigenvalue weighted by Gasteiger charge is 2.10. The zero-order chi connectivity index (χ0) is 15.7. The lowest BCUT2D eigenvalue weighted by atomic mass is 10.1. The van der Waals surface area contributed by atoms with Crippen molar-refractivity contribution in [2.45, 2.75) is 13.8 Å². The minimum atomic E-state index is -1.21. The van der Waals surface area contributed by atoms with Crippen molar-refractivity contribution in [1.29, 1.82) is 0 Å². The largest absolute Gasteiger partial charge is 0.491 e. The molecule has 6 nitrogen and oxygen atoms in total. The van der Waals surface area contributed by atoms with E-state index in [9.17, 15) is 9.59 Å². The fraction of sp³-hybridized carbons (Fsp3) is 0.333. The summed E-state index contributed by atoms with van der Waals surface area (Å²) in [6.07, 6.45) is 1.36. The predicted octanol–water partition coefficient (Wildman–Crippen LogP) is 1.66. The number of amides is 1. The number of aliphatic carboxylic acids is 1. The van der Waals surface area contributed by atoms with E-state index >= 15 is 0 Å². The lowest BCUT2D eigenvalue weighted by molar-refractivity contribution is -0.134. The van der Waals surface area contributed by atoms with E-state index in [0.717, 1.165) is 0 Å². The van der Waals surface area contributed by atoms with Crippen molar-refractivity contribution in [3.63, 3.8) is 0 Å².